The zero-order valence-corrected chi connectivity index (χ0v) is 7.81. The molecule has 0 bridgehead atoms. The molecule has 1 aromatic carbocycles. The third-order valence-electron chi connectivity index (χ3n) is 1.57. The summed E-state index contributed by atoms with van der Waals surface area (Å²) in [6.45, 7) is 1.98. The van der Waals surface area contributed by atoms with Gasteiger partial charge in [-0.25, -0.2) is 0 Å². The summed E-state index contributed by atoms with van der Waals surface area (Å²) in [6, 6.07) is 5.64. The van der Waals surface area contributed by atoms with Gasteiger partial charge in [0.2, 0.25) is 0 Å². The van der Waals surface area contributed by atoms with Crippen LogP contribution in [0, 0.1) is 6.92 Å². The Morgan fingerprint density at radius 1 is 1.50 bits per heavy atom. The van der Waals surface area contributed by atoms with Crippen molar-refractivity contribution in [3.8, 4) is 5.75 Å². The highest BCUT2D eigenvalue weighted by molar-refractivity contribution is 7.78. The second-order valence-corrected chi connectivity index (χ2v) is 2.54. The topological polar surface area (TPSA) is 21.6 Å². The Hall–Kier alpha value is -1.18. The predicted molar refractivity (Wildman–Crippen MR) is 52.4 cm³/mol. The zero-order valence-electron chi connectivity index (χ0n) is 7.00. The number of nitrogens with zero attached hydrogens (tertiary/aromatic N) is 1. The van der Waals surface area contributed by atoms with Gasteiger partial charge in [0.05, 0.1) is 18.0 Å². The summed E-state index contributed by atoms with van der Waals surface area (Å²) in [5.74, 6) is 0.821. The van der Waals surface area contributed by atoms with Crippen LogP contribution in [0.15, 0.2) is 23.2 Å². The second-order valence-electron chi connectivity index (χ2n) is 2.36. The minimum atomic E-state index is 0.771. The van der Waals surface area contributed by atoms with Crippen molar-refractivity contribution in [1.82, 2.24) is 0 Å². The van der Waals surface area contributed by atoms with Crippen molar-refractivity contribution in [3.05, 3.63) is 23.8 Å². The Balaban J connectivity index is 3.13. The normalized spacial score (nSPS) is 8.83. The maximum Gasteiger partial charge on any atom is 0.123 e. The number of aryl methyl sites for hydroxylation is 1. The molecule has 0 saturated heterocycles. The van der Waals surface area contributed by atoms with Gasteiger partial charge < -0.3 is 4.74 Å². The molecule has 2 nitrogen and oxygen atoms in total. The summed E-state index contributed by atoms with van der Waals surface area (Å²) in [6.07, 6.45) is 0. The second kappa shape index (κ2) is 4.00. The van der Waals surface area contributed by atoms with Crippen LogP contribution < -0.4 is 4.74 Å². The van der Waals surface area contributed by atoms with Crippen LogP contribution in [0.2, 0.25) is 0 Å². The van der Waals surface area contributed by atoms with Crippen molar-refractivity contribution in [3.63, 3.8) is 0 Å². The summed E-state index contributed by atoms with van der Waals surface area (Å²) >= 11 is 4.49. The maximum atomic E-state index is 5.11. The molecule has 0 N–H and O–H groups in total. The molecule has 0 fully saturated rings. The van der Waals surface area contributed by atoms with Gasteiger partial charge in [-0.15, -0.1) is 0 Å². The van der Waals surface area contributed by atoms with Crippen molar-refractivity contribution < 1.29 is 4.74 Å². The molecule has 0 saturated carbocycles. The number of rotatable bonds is 2. The van der Waals surface area contributed by atoms with E-state index < -0.39 is 0 Å². The van der Waals surface area contributed by atoms with E-state index in [0.717, 1.165) is 17.0 Å². The van der Waals surface area contributed by atoms with E-state index in [1.807, 2.05) is 25.1 Å². The molecule has 0 aliphatic carbocycles. The van der Waals surface area contributed by atoms with E-state index in [2.05, 4.69) is 22.4 Å². The van der Waals surface area contributed by atoms with E-state index in [-0.39, 0.29) is 0 Å². The lowest BCUT2D eigenvalue weighted by Gasteiger charge is -2.03. The molecule has 1 rings (SSSR count). The third-order valence-corrected chi connectivity index (χ3v) is 1.66. The van der Waals surface area contributed by atoms with Crippen LogP contribution in [0.1, 0.15) is 5.56 Å². The monoisotopic (exact) mass is 179 g/mol. The van der Waals surface area contributed by atoms with Gasteiger partial charge in [0.25, 0.3) is 0 Å². The van der Waals surface area contributed by atoms with E-state index >= 15 is 0 Å². The minimum absolute atomic E-state index is 0.771. The van der Waals surface area contributed by atoms with E-state index in [4.69, 9.17) is 4.74 Å². The number of hydrogen-bond donors (Lipinski definition) is 0. The Morgan fingerprint density at radius 3 is 2.83 bits per heavy atom. The molecule has 3 heteroatoms. The number of benzene rings is 1. The van der Waals surface area contributed by atoms with Gasteiger partial charge in [0.1, 0.15) is 5.75 Å². The van der Waals surface area contributed by atoms with Crippen molar-refractivity contribution in [2.24, 2.45) is 4.99 Å². The molecule has 0 aromatic heterocycles. The molecule has 0 spiro atoms. The molecule has 0 amide bonds. The number of hydrogen-bond acceptors (Lipinski definition) is 3. The average Bonchev–Trinajstić information content (AvgIpc) is 2.09. The number of aliphatic imine (C=N–C) groups is 1. The molecule has 1 aromatic rings. The van der Waals surface area contributed by atoms with Gasteiger partial charge in [-0.3, -0.25) is 0 Å². The third kappa shape index (κ3) is 1.91. The Morgan fingerprint density at radius 2 is 2.25 bits per heavy atom. The van der Waals surface area contributed by atoms with Gasteiger partial charge in [-0.05, 0) is 30.8 Å². The zero-order chi connectivity index (χ0) is 8.97. The van der Waals surface area contributed by atoms with Gasteiger partial charge in [-0.2, -0.15) is 4.99 Å². The fraction of sp³-hybridized carbons (Fsp3) is 0.222. The highest BCUT2D eigenvalue weighted by Crippen LogP contribution is 2.23. The highest BCUT2D eigenvalue weighted by Gasteiger charge is 1.97. The van der Waals surface area contributed by atoms with Crippen LogP contribution in [-0.4, -0.2) is 12.3 Å². The van der Waals surface area contributed by atoms with Gasteiger partial charge in [0.15, 0.2) is 0 Å². The lowest BCUT2D eigenvalue weighted by atomic mass is 10.2. The van der Waals surface area contributed by atoms with Gasteiger partial charge >= 0.3 is 0 Å². The Kier molecular flexibility index (Phi) is 2.97. The first-order chi connectivity index (χ1) is 5.77. The molecule has 62 valence electrons. The van der Waals surface area contributed by atoms with Crippen molar-refractivity contribution in [2.75, 3.05) is 7.11 Å². The molecular weight excluding hydrogens is 170 g/mol. The first-order valence-corrected chi connectivity index (χ1v) is 3.91. The Bertz CT molecular complexity index is 329. The molecule has 12 heavy (non-hydrogen) atoms. The number of thiocarbonyl (C=S) groups is 1. The van der Waals surface area contributed by atoms with E-state index in [1.54, 1.807) is 7.11 Å². The summed E-state index contributed by atoms with van der Waals surface area (Å²) in [5.41, 5.74) is 1.85. The first-order valence-electron chi connectivity index (χ1n) is 3.50. The summed E-state index contributed by atoms with van der Waals surface area (Å²) in [4.78, 5) is 3.84. The van der Waals surface area contributed by atoms with Gasteiger partial charge in [0, 0.05) is 6.07 Å². The maximum absolute atomic E-state index is 5.11. The van der Waals surface area contributed by atoms with Gasteiger partial charge in [-0.1, -0.05) is 6.07 Å². The smallest absolute Gasteiger partial charge is 0.123 e. The largest absolute Gasteiger partial charge is 0.496 e. The SMILES string of the molecule is COc1cc(N=C=S)ccc1C. The van der Waals surface area contributed by atoms with Crippen LogP contribution in [0.4, 0.5) is 5.69 Å². The van der Waals surface area contributed by atoms with Crippen molar-refractivity contribution >= 4 is 23.1 Å². The van der Waals surface area contributed by atoms with Crippen LogP contribution >= 0.6 is 12.2 Å². The van der Waals surface area contributed by atoms with Crippen molar-refractivity contribution in [1.29, 1.82) is 0 Å². The fourth-order valence-corrected chi connectivity index (χ4v) is 1.04. The average molecular weight is 179 g/mol. The Labute approximate surface area is 76.9 Å². The molecular formula is C9H9NOS. The van der Waals surface area contributed by atoms with Crippen molar-refractivity contribution in [2.45, 2.75) is 6.92 Å². The molecule has 0 atom stereocenters. The molecule has 0 heterocycles. The van der Waals surface area contributed by atoms with E-state index in [1.165, 1.54) is 0 Å². The number of methoxy groups -OCH3 is 1. The molecule has 0 radical (unpaired) electrons. The predicted octanol–water partition coefficient (Wildman–Crippen LogP) is 2.74. The number of ether oxygens (including phenoxy) is 1. The minimum Gasteiger partial charge on any atom is -0.496 e. The standard InChI is InChI=1S/C9H9NOS/c1-7-3-4-8(10-6-12)5-9(7)11-2/h3-5H,1-2H3. The summed E-state index contributed by atoms with van der Waals surface area (Å²) < 4.78 is 5.11. The van der Waals surface area contributed by atoms with E-state index in [9.17, 15) is 0 Å². The van der Waals surface area contributed by atoms with E-state index in [0.29, 0.717) is 0 Å². The highest BCUT2D eigenvalue weighted by atomic mass is 32.1. The first kappa shape index (κ1) is 8.91. The summed E-state index contributed by atoms with van der Waals surface area (Å²) in [7, 11) is 1.63. The quantitative estimate of drug-likeness (QED) is 0.514. The lowest BCUT2D eigenvalue weighted by Crippen LogP contribution is -1.85. The fourth-order valence-electron chi connectivity index (χ4n) is 0.931. The lowest BCUT2D eigenvalue weighted by molar-refractivity contribution is 0.412. The van der Waals surface area contributed by atoms with Crippen LogP contribution in [0.5, 0.6) is 5.75 Å². The molecule has 0 unspecified atom stereocenters. The van der Waals surface area contributed by atoms with Crippen LogP contribution in [0.25, 0.3) is 0 Å². The summed E-state index contributed by atoms with van der Waals surface area (Å²) in [5, 5.41) is 2.31. The van der Waals surface area contributed by atoms with Crippen LogP contribution in [-0.2, 0) is 0 Å². The number of isothiocyanates is 1. The molecule has 0 aliphatic heterocycles. The molecule has 0 aliphatic rings. The van der Waals surface area contributed by atoms with Crippen LogP contribution in [0.3, 0.4) is 0 Å².